The predicted octanol–water partition coefficient (Wildman–Crippen LogP) is 2.34. The van der Waals surface area contributed by atoms with E-state index in [2.05, 4.69) is 10.3 Å². The standard InChI is InChI=1S/C13H13F2N3O2/c14-10-5-3-6-11(15)13(10)18-8-9(16-17-18)4-1-2-7-12(19)20/h3,5-6,8H,1-2,4,7H2,(H,19,20). The van der Waals surface area contributed by atoms with Gasteiger partial charge in [-0.3, -0.25) is 4.79 Å². The fourth-order valence-electron chi connectivity index (χ4n) is 1.81. The average Bonchev–Trinajstić information content (AvgIpc) is 2.83. The van der Waals surface area contributed by atoms with Crippen LogP contribution in [0.15, 0.2) is 24.4 Å². The second-order valence-corrected chi connectivity index (χ2v) is 4.33. The molecule has 0 fully saturated rings. The van der Waals surface area contributed by atoms with Crippen LogP contribution < -0.4 is 0 Å². The van der Waals surface area contributed by atoms with E-state index in [9.17, 15) is 13.6 Å². The molecular weight excluding hydrogens is 268 g/mol. The van der Waals surface area contributed by atoms with Crippen molar-refractivity contribution in [1.82, 2.24) is 15.0 Å². The molecular formula is C13H13F2N3O2. The van der Waals surface area contributed by atoms with Crippen molar-refractivity contribution >= 4 is 5.97 Å². The van der Waals surface area contributed by atoms with Crippen LogP contribution in [0.4, 0.5) is 8.78 Å². The van der Waals surface area contributed by atoms with E-state index in [1.807, 2.05) is 0 Å². The zero-order valence-electron chi connectivity index (χ0n) is 10.6. The Morgan fingerprint density at radius 1 is 1.25 bits per heavy atom. The fourth-order valence-corrected chi connectivity index (χ4v) is 1.81. The Morgan fingerprint density at radius 3 is 2.60 bits per heavy atom. The van der Waals surface area contributed by atoms with E-state index in [4.69, 9.17) is 5.11 Å². The highest BCUT2D eigenvalue weighted by atomic mass is 19.1. The maximum atomic E-state index is 13.5. The summed E-state index contributed by atoms with van der Waals surface area (Å²) in [7, 11) is 0. The van der Waals surface area contributed by atoms with E-state index in [-0.39, 0.29) is 12.1 Å². The molecule has 20 heavy (non-hydrogen) atoms. The Bertz CT molecular complexity index is 593. The molecule has 5 nitrogen and oxygen atoms in total. The lowest BCUT2D eigenvalue weighted by Gasteiger charge is -2.02. The van der Waals surface area contributed by atoms with Gasteiger partial charge in [-0.15, -0.1) is 5.10 Å². The highest BCUT2D eigenvalue weighted by Crippen LogP contribution is 2.16. The van der Waals surface area contributed by atoms with Crippen LogP contribution >= 0.6 is 0 Å². The minimum absolute atomic E-state index is 0.0933. The van der Waals surface area contributed by atoms with Gasteiger partial charge >= 0.3 is 5.97 Å². The summed E-state index contributed by atoms with van der Waals surface area (Å²) < 4.78 is 28.1. The summed E-state index contributed by atoms with van der Waals surface area (Å²) in [5.41, 5.74) is 0.301. The number of rotatable bonds is 6. The Morgan fingerprint density at radius 2 is 1.95 bits per heavy atom. The monoisotopic (exact) mass is 281 g/mol. The third kappa shape index (κ3) is 3.37. The van der Waals surface area contributed by atoms with Crippen LogP contribution in [0.25, 0.3) is 5.69 Å². The third-order valence-electron chi connectivity index (χ3n) is 2.78. The number of nitrogens with zero attached hydrogens (tertiary/aromatic N) is 3. The quantitative estimate of drug-likeness (QED) is 0.825. The number of carboxylic acids is 1. The summed E-state index contributed by atoms with van der Waals surface area (Å²) >= 11 is 0. The van der Waals surface area contributed by atoms with Gasteiger partial charge < -0.3 is 5.11 Å². The van der Waals surface area contributed by atoms with E-state index in [0.29, 0.717) is 25.0 Å². The molecule has 0 saturated heterocycles. The maximum Gasteiger partial charge on any atom is 0.303 e. The number of hydrogen-bond donors (Lipinski definition) is 1. The lowest BCUT2D eigenvalue weighted by atomic mass is 10.1. The van der Waals surface area contributed by atoms with Gasteiger partial charge in [0, 0.05) is 6.42 Å². The largest absolute Gasteiger partial charge is 0.481 e. The van der Waals surface area contributed by atoms with Gasteiger partial charge in [-0.2, -0.15) is 0 Å². The first-order chi connectivity index (χ1) is 9.58. The molecule has 1 aromatic heterocycles. The highest BCUT2D eigenvalue weighted by Gasteiger charge is 2.12. The Hall–Kier alpha value is -2.31. The normalized spacial score (nSPS) is 10.7. The van der Waals surface area contributed by atoms with Crippen LogP contribution in [-0.2, 0) is 11.2 Å². The molecule has 0 bridgehead atoms. The van der Waals surface area contributed by atoms with Crippen molar-refractivity contribution < 1.29 is 18.7 Å². The van der Waals surface area contributed by atoms with Crippen LogP contribution in [0.1, 0.15) is 25.0 Å². The summed E-state index contributed by atoms with van der Waals surface area (Å²) in [4.78, 5) is 10.4. The van der Waals surface area contributed by atoms with Gasteiger partial charge in [0.05, 0.1) is 11.9 Å². The number of aryl methyl sites for hydroxylation is 1. The van der Waals surface area contributed by atoms with Crippen LogP contribution in [0.3, 0.4) is 0 Å². The lowest BCUT2D eigenvalue weighted by Crippen LogP contribution is -2.01. The number of benzene rings is 1. The van der Waals surface area contributed by atoms with Crippen molar-refractivity contribution in [1.29, 1.82) is 0 Å². The zero-order valence-corrected chi connectivity index (χ0v) is 10.6. The van der Waals surface area contributed by atoms with Crippen LogP contribution in [0, 0.1) is 11.6 Å². The van der Waals surface area contributed by atoms with Gasteiger partial charge in [0.25, 0.3) is 0 Å². The molecule has 0 saturated carbocycles. The smallest absolute Gasteiger partial charge is 0.303 e. The molecule has 0 radical (unpaired) electrons. The number of carbonyl (C=O) groups is 1. The van der Waals surface area contributed by atoms with Gasteiger partial charge in [-0.05, 0) is 31.4 Å². The minimum atomic E-state index is -0.845. The maximum absolute atomic E-state index is 13.5. The molecule has 0 atom stereocenters. The second kappa shape index (κ2) is 6.23. The molecule has 1 aromatic carbocycles. The molecule has 0 aliphatic heterocycles. The first kappa shape index (κ1) is 14.1. The van der Waals surface area contributed by atoms with Crippen molar-refractivity contribution in [3.63, 3.8) is 0 Å². The van der Waals surface area contributed by atoms with E-state index in [0.717, 1.165) is 16.8 Å². The van der Waals surface area contributed by atoms with Crippen molar-refractivity contribution in [2.24, 2.45) is 0 Å². The first-order valence-electron chi connectivity index (χ1n) is 6.15. The zero-order chi connectivity index (χ0) is 14.5. The number of unbranched alkanes of at least 4 members (excludes halogenated alkanes) is 1. The van der Waals surface area contributed by atoms with Crippen molar-refractivity contribution in [3.05, 3.63) is 41.7 Å². The van der Waals surface area contributed by atoms with E-state index in [1.54, 1.807) is 0 Å². The number of aromatic nitrogens is 3. The lowest BCUT2D eigenvalue weighted by molar-refractivity contribution is -0.137. The van der Waals surface area contributed by atoms with E-state index >= 15 is 0 Å². The van der Waals surface area contributed by atoms with Crippen LogP contribution in [0.2, 0.25) is 0 Å². The highest BCUT2D eigenvalue weighted by molar-refractivity contribution is 5.66. The average molecular weight is 281 g/mol. The van der Waals surface area contributed by atoms with Gasteiger partial charge in [0.15, 0.2) is 11.6 Å². The number of carboxylic acid groups (broad SMARTS) is 1. The number of halogens is 2. The first-order valence-corrected chi connectivity index (χ1v) is 6.15. The second-order valence-electron chi connectivity index (χ2n) is 4.33. The Labute approximate surface area is 113 Å². The number of para-hydroxylation sites is 1. The van der Waals surface area contributed by atoms with Gasteiger partial charge in [-0.1, -0.05) is 11.3 Å². The summed E-state index contributed by atoms with van der Waals surface area (Å²) in [6.45, 7) is 0. The van der Waals surface area contributed by atoms with Gasteiger partial charge in [0.1, 0.15) is 5.69 Å². The van der Waals surface area contributed by atoms with E-state index in [1.165, 1.54) is 12.3 Å². The van der Waals surface area contributed by atoms with E-state index < -0.39 is 17.6 Å². The molecule has 1 N–H and O–H groups in total. The predicted molar refractivity (Wildman–Crippen MR) is 66.5 cm³/mol. The van der Waals surface area contributed by atoms with Crippen LogP contribution in [0.5, 0.6) is 0 Å². The summed E-state index contributed by atoms with van der Waals surface area (Å²) in [5.74, 6) is -2.28. The summed E-state index contributed by atoms with van der Waals surface area (Å²) in [6.07, 6.45) is 3.21. The van der Waals surface area contributed by atoms with Gasteiger partial charge in [0.2, 0.25) is 0 Å². The summed E-state index contributed by atoms with van der Waals surface area (Å²) in [6, 6.07) is 3.57. The summed E-state index contributed by atoms with van der Waals surface area (Å²) in [5, 5.41) is 16.0. The third-order valence-corrected chi connectivity index (χ3v) is 2.78. The van der Waals surface area contributed by atoms with Crippen molar-refractivity contribution in [2.45, 2.75) is 25.7 Å². The molecule has 0 amide bonds. The number of hydrogen-bond acceptors (Lipinski definition) is 3. The number of aliphatic carboxylic acids is 1. The molecule has 106 valence electrons. The van der Waals surface area contributed by atoms with Crippen molar-refractivity contribution in [3.8, 4) is 5.69 Å². The molecule has 2 aromatic rings. The van der Waals surface area contributed by atoms with Crippen LogP contribution in [-0.4, -0.2) is 26.1 Å². The van der Waals surface area contributed by atoms with Crippen molar-refractivity contribution in [2.75, 3.05) is 0 Å². The van der Waals surface area contributed by atoms with Gasteiger partial charge in [-0.25, -0.2) is 13.5 Å². The molecule has 0 aliphatic carbocycles. The Balaban J connectivity index is 2.04. The minimum Gasteiger partial charge on any atom is -0.481 e. The molecule has 0 spiro atoms. The molecule has 2 rings (SSSR count). The SMILES string of the molecule is O=C(O)CCCCc1cn(-c2c(F)cccc2F)nn1. The molecule has 7 heteroatoms. The topological polar surface area (TPSA) is 68.0 Å². The molecule has 1 heterocycles. The fraction of sp³-hybridized carbons (Fsp3) is 0.308. The molecule has 0 unspecified atom stereocenters. The molecule has 0 aliphatic rings. The Kier molecular flexibility index (Phi) is 4.39.